The van der Waals surface area contributed by atoms with Crippen LogP contribution >= 0.6 is 0 Å². The Hall–Kier alpha value is -3.14. The van der Waals surface area contributed by atoms with Crippen LogP contribution in [-0.2, 0) is 4.74 Å². The monoisotopic (exact) mass is 311 g/mol. The van der Waals surface area contributed by atoms with Crippen LogP contribution in [0.25, 0.3) is 0 Å². The molecule has 7 nitrogen and oxygen atoms in total. The summed E-state index contributed by atoms with van der Waals surface area (Å²) < 4.78 is 5.13. The number of carbonyl (C=O) groups is 1. The van der Waals surface area contributed by atoms with E-state index in [2.05, 4.69) is 26.9 Å². The van der Waals surface area contributed by atoms with Crippen LogP contribution in [0, 0.1) is 11.3 Å². The lowest BCUT2D eigenvalue weighted by molar-refractivity contribution is 0.0635. The van der Waals surface area contributed by atoms with Crippen molar-refractivity contribution in [3.05, 3.63) is 42.0 Å². The lowest BCUT2D eigenvalue weighted by atomic mass is 10.2. The molecule has 0 fully saturated rings. The van der Waals surface area contributed by atoms with Gasteiger partial charge in [0.05, 0.1) is 11.6 Å². The molecule has 1 aromatic heterocycles. The third-order valence-corrected chi connectivity index (χ3v) is 2.56. The summed E-state index contributed by atoms with van der Waals surface area (Å²) in [5.74, 6) is 0.783. The van der Waals surface area contributed by atoms with Crippen LogP contribution in [-0.4, -0.2) is 21.9 Å². The van der Waals surface area contributed by atoms with Crippen LogP contribution in [0.1, 0.15) is 26.3 Å². The average Bonchev–Trinajstić information content (AvgIpc) is 2.47. The Labute approximate surface area is 134 Å². The number of ether oxygens (including phenoxy) is 1. The molecule has 0 saturated heterocycles. The lowest BCUT2D eigenvalue weighted by Gasteiger charge is -2.19. The molecule has 118 valence electrons. The summed E-state index contributed by atoms with van der Waals surface area (Å²) in [6.45, 7) is 5.34. The van der Waals surface area contributed by atoms with Crippen molar-refractivity contribution >= 4 is 23.4 Å². The van der Waals surface area contributed by atoms with E-state index in [1.54, 1.807) is 51.1 Å². The zero-order chi connectivity index (χ0) is 16.9. The number of aromatic nitrogens is 2. The second-order valence-corrected chi connectivity index (χ2v) is 5.75. The first-order valence-electron chi connectivity index (χ1n) is 6.97. The molecule has 0 atom stereocenters. The molecule has 0 aliphatic rings. The Morgan fingerprint density at radius 3 is 2.48 bits per heavy atom. The lowest BCUT2D eigenvalue weighted by Crippen LogP contribution is -2.27. The molecule has 0 bridgehead atoms. The predicted octanol–water partition coefficient (Wildman–Crippen LogP) is 3.44. The van der Waals surface area contributed by atoms with E-state index in [1.165, 1.54) is 0 Å². The standard InChI is InChI=1S/C16H17N5O2/c1-16(2,3)23-15(22)19-14-8-7-13(20-21-14)18-12-6-4-5-11(9-12)10-17/h4-9H,1-3H3,(H,18,20)(H,19,21,22). The fourth-order valence-corrected chi connectivity index (χ4v) is 1.69. The third kappa shape index (κ3) is 5.28. The minimum atomic E-state index is -0.589. The van der Waals surface area contributed by atoms with Crippen molar-refractivity contribution in [1.82, 2.24) is 10.2 Å². The first-order valence-corrected chi connectivity index (χ1v) is 6.97. The van der Waals surface area contributed by atoms with Crippen molar-refractivity contribution < 1.29 is 9.53 Å². The Bertz CT molecular complexity index is 729. The summed E-state index contributed by atoms with van der Waals surface area (Å²) in [4.78, 5) is 11.6. The zero-order valence-corrected chi connectivity index (χ0v) is 13.1. The molecule has 1 heterocycles. The number of hydrogen-bond donors (Lipinski definition) is 2. The summed E-state index contributed by atoms with van der Waals surface area (Å²) >= 11 is 0. The number of nitriles is 1. The minimum Gasteiger partial charge on any atom is -0.444 e. The van der Waals surface area contributed by atoms with E-state index < -0.39 is 11.7 Å². The van der Waals surface area contributed by atoms with E-state index in [9.17, 15) is 4.79 Å². The molecule has 1 amide bonds. The summed E-state index contributed by atoms with van der Waals surface area (Å²) in [5.41, 5.74) is 0.697. The summed E-state index contributed by atoms with van der Waals surface area (Å²) in [6, 6.07) is 12.3. The van der Waals surface area contributed by atoms with Gasteiger partial charge in [0.15, 0.2) is 11.6 Å². The number of carbonyl (C=O) groups excluding carboxylic acids is 1. The molecule has 7 heteroatoms. The first kappa shape index (κ1) is 16.2. The van der Waals surface area contributed by atoms with Gasteiger partial charge in [-0.05, 0) is 51.1 Å². The Balaban J connectivity index is 1.99. The van der Waals surface area contributed by atoms with E-state index in [0.717, 1.165) is 5.69 Å². The second-order valence-electron chi connectivity index (χ2n) is 5.75. The van der Waals surface area contributed by atoms with Gasteiger partial charge in [0.2, 0.25) is 0 Å². The van der Waals surface area contributed by atoms with Gasteiger partial charge in [0.1, 0.15) is 5.60 Å². The van der Waals surface area contributed by atoms with Crippen LogP contribution in [0.15, 0.2) is 36.4 Å². The fourth-order valence-electron chi connectivity index (χ4n) is 1.69. The summed E-state index contributed by atoms with van der Waals surface area (Å²) in [5, 5.41) is 22.3. The van der Waals surface area contributed by atoms with Gasteiger partial charge < -0.3 is 10.1 Å². The normalized spacial score (nSPS) is 10.5. The van der Waals surface area contributed by atoms with Gasteiger partial charge in [-0.1, -0.05) is 6.07 Å². The van der Waals surface area contributed by atoms with Crippen molar-refractivity contribution in [3.8, 4) is 6.07 Å². The molecule has 0 aliphatic heterocycles. The summed E-state index contributed by atoms with van der Waals surface area (Å²) in [6.07, 6.45) is -0.589. The molecule has 0 aliphatic carbocycles. The quantitative estimate of drug-likeness (QED) is 0.900. The van der Waals surface area contributed by atoms with E-state index in [1.807, 2.05) is 6.07 Å². The number of anilines is 3. The zero-order valence-electron chi connectivity index (χ0n) is 13.1. The average molecular weight is 311 g/mol. The summed E-state index contributed by atoms with van der Waals surface area (Å²) in [7, 11) is 0. The van der Waals surface area contributed by atoms with Gasteiger partial charge >= 0.3 is 6.09 Å². The smallest absolute Gasteiger partial charge is 0.413 e. The van der Waals surface area contributed by atoms with Crippen molar-refractivity contribution in [3.63, 3.8) is 0 Å². The van der Waals surface area contributed by atoms with Crippen LogP contribution in [0.5, 0.6) is 0 Å². The number of rotatable bonds is 3. The molecule has 23 heavy (non-hydrogen) atoms. The number of benzene rings is 1. The first-order chi connectivity index (χ1) is 10.9. The maximum Gasteiger partial charge on any atom is 0.413 e. The van der Waals surface area contributed by atoms with Crippen molar-refractivity contribution in [2.24, 2.45) is 0 Å². The highest BCUT2D eigenvalue weighted by Crippen LogP contribution is 2.16. The van der Waals surface area contributed by atoms with Gasteiger partial charge in [-0.2, -0.15) is 5.26 Å². The molecule has 0 radical (unpaired) electrons. The van der Waals surface area contributed by atoms with E-state index in [0.29, 0.717) is 11.4 Å². The maximum atomic E-state index is 11.6. The molecule has 0 unspecified atom stereocenters. The van der Waals surface area contributed by atoms with Crippen LogP contribution in [0.4, 0.5) is 22.1 Å². The highest BCUT2D eigenvalue weighted by Gasteiger charge is 2.16. The Morgan fingerprint density at radius 1 is 1.17 bits per heavy atom. The molecular weight excluding hydrogens is 294 g/mol. The van der Waals surface area contributed by atoms with Crippen molar-refractivity contribution in [2.45, 2.75) is 26.4 Å². The van der Waals surface area contributed by atoms with Crippen molar-refractivity contribution in [1.29, 1.82) is 5.26 Å². The molecule has 2 N–H and O–H groups in total. The minimum absolute atomic E-state index is 0.288. The second kappa shape index (κ2) is 6.75. The predicted molar refractivity (Wildman–Crippen MR) is 86.3 cm³/mol. The number of hydrogen-bond acceptors (Lipinski definition) is 6. The molecule has 2 rings (SSSR count). The van der Waals surface area contributed by atoms with Gasteiger partial charge in [0, 0.05) is 5.69 Å². The number of nitrogens with zero attached hydrogens (tertiary/aromatic N) is 3. The fraction of sp³-hybridized carbons (Fsp3) is 0.250. The van der Waals surface area contributed by atoms with Gasteiger partial charge in [-0.3, -0.25) is 5.32 Å². The van der Waals surface area contributed by atoms with E-state index >= 15 is 0 Å². The van der Waals surface area contributed by atoms with Gasteiger partial charge in [-0.15, -0.1) is 10.2 Å². The topological polar surface area (TPSA) is 99.9 Å². The van der Waals surface area contributed by atoms with Crippen LogP contribution in [0.2, 0.25) is 0 Å². The number of nitrogens with one attached hydrogen (secondary N) is 2. The highest BCUT2D eigenvalue weighted by molar-refractivity contribution is 5.83. The van der Waals surface area contributed by atoms with Crippen LogP contribution < -0.4 is 10.6 Å². The van der Waals surface area contributed by atoms with Crippen LogP contribution in [0.3, 0.4) is 0 Å². The van der Waals surface area contributed by atoms with E-state index in [4.69, 9.17) is 10.00 Å². The largest absolute Gasteiger partial charge is 0.444 e. The van der Waals surface area contributed by atoms with Gasteiger partial charge in [0.25, 0.3) is 0 Å². The molecule has 1 aromatic carbocycles. The Morgan fingerprint density at radius 2 is 1.87 bits per heavy atom. The van der Waals surface area contributed by atoms with Crippen molar-refractivity contribution in [2.75, 3.05) is 10.6 Å². The molecular formula is C16H17N5O2. The highest BCUT2D eigenvalue weighted by atomic mass is 16.6. The molecule has 0 saturated carbocycles. The third-order valence-electron chi connectivity index (χ3n) is 2.56. The maximum absolute atomic E-state index is 11.6. The van der Waals surface area contributed by atoms with E-state index in [-0.39, 0.29) is 5.82 Å². The number of amides is 1. The van der Waals surface area contributed by atoms with Gasteiger partial charge in [-0.25, -0.2) is 4.79 Å². The SMILES string of the molecule is CC(C)(C)OC(=O)Nc1ccc(Nc2cccc(C#N)c2)nn1. The molecule has 2 aromatic rings. The Kier molecular flexibility index (Phi) is 4.76. The molecule has 0 spiro atoms.